The van der Waals surface area contributed by atoms with Gasteiger partial charge in [-0.05, 0) is 43.4 Å². The summed E-state index contributed by atoms with van der Waals surface area (Å²) in [4.78, 5) is 26.1. The quantitative estimate of drug-likeness (QED) is 0.497. The second-order valence-electron chi connectivity index (χ2n) is 5.83. The molecule has 3 rings (SSSR count). The van der Waals surface area contributed by atoms with Gasteiger partial charge >= 0.3 is 0 Å². The first-order valence-electron chi connectivity index (χ1n) is 8.04. The first-order chi connectivity index (χ1) is 11.6. The van der Waals surface area contributed by atoms with Crippen LogP contribution in [0.15, 0.2) is 30.6 Å². The SMILES string of the molecule is O=C(NNC(=O)c1cc2c(s1)CCCCCC2)c1ccc[n+]([O-])c1. The van der Waals surface area contributed by atoms with Gasteiger partial charge in [-0.3, -0.25) is 20.4 Å². The van der Waals surface area contributed by atoms with Crippen molar-refractivity contribution < 1.29 is 14.3 Å². The van der Waals surface area contributed by atoms with Crippen molar-refractivity contribution in [1.29, 1.82) is 0 Å². The standard InChI is InChI=1S/C17H19N3O3S/c21-16(13-7-5-9-20(23)11-13)18-19-17(22)15-10-12-6-3-1-2-4-8-14(12)24-15/h5,7,9-11H,1-4,6,8H2,(H,18,21)(H,19,22). The summed E-state index contributed by atoms with van der Waals surface area (Å²) < 4.78 is 0.538. The van der Waals surface area contributed by atoms with E-state index < -0.39 is 5.91 Å². The molecule has 0 bridgehead atoms. The van der Waals surface area contributed by atoms with Gasteiger partial charge in [0.15, 0.2) is 12.4 Å². The lowest BCUT2D eigenvalue weighted by atomic mass is 10.00. The third-order valence-corrected chi connectivity index (χ3v) is 5.28. The Morgan fingerprint density at radius 1 is 1.08 bits per heavy atom. The summed E-state index contributed by atoms with van der Waals surface area (Å²) in [7, 11) is 0. The monoisotopic (exact) mass is 345 g/mol. The van der Waals surface area contributed by atoms with Gasteiger partial charge in [-0.25, -0.2) is 0 Å². The normalized spacial score (nSPS) is 14.2. The number of fused-ring (bicyclic) bond motifs is 1. The number of carbonyl (C=O) groups is 2. The molecule has 0 saturated carbocycles. The van der Waals surface area contributed by atoms with Crippen molar-refractivity contribution in [3.8, 4) is 0 Å². The van der Waals surface area contributed by atoms with Crippen LogP contribution in [0.25, 0.3) is 0 Å². The highest BCUT2D eigenvalue weighted by molar-refractivity contribution is 7.14. The molecule has 0 spiro atoms. The number of aryl methyl sites for hydroxylation is 2. The van der Waals surface area contributed by atoms with Crippen LogP contribution in [0.1, 0.15) is 56.2 Å². The van der Waals surface area contributed by atoms with Crippen LogP contribution in [-0.2, 0) is 12.8 Å². The Bertz CT molecular complexity index is 732. The summed E-state index contributed by atoms with van der Waals surface area (Å²) in [5, 5.41) is 11.2. The lowest BCUT2D eigenvalue weighted by Gasteiger charge is -2.07. The van der Waals surface area contributed by atoms with Gasteiger partial charge in [0.2, 0.25) is 0 Å². The molecular weight excluding hydrogens is 326 g/mol. The fourth-order valence-electron chi connectivity index (χ4n) is 2.79. The molecule has 7 heteroatoms. The van der Waals surface area contributed by atoms with E-state index in [1.54, 1.807) is 0 Å². The van der Waals surface area contributed by atoms with Crippen molar-refractivity contribution in [2.24, 2.45) is 0 Å². The molecule has 0 saturated heterocycles. The average molecular weight is 345 g/mol. The molecule has 0 aliphatic heterocycles. The lowest BCUT2D eigenvalue weighted by Crippen LogP contribution is -2.42. The van der Waals surface area contributed by atoms with Gasteiger partial charge in [0.1, 0.15) is 5.56 Å². The molecular formula is C17H19N3O3S. The van der Waals surface area contributed by atoms with Gasteiger partial charge < -0.3 is 5.21 Å². The minimum absolute atomic E-state index is 0.186. The Labute approximate surface area is 144 Å². The largest absolute Gasteiger partial charge is 0.619 e. The van der Waals surface area contributed by atoms with Crippen molar-refractivity contribution in [3.63, 3.8) is 0 Å². The Hall–Kier alpha value is -2.41. The molecule has 1 aliphatic rings. The highest BCUT2D eigenvalue weighted by Gasteiger charge is 2.17. The molecule has 6 nitrogen and oxygen atoms in total. The molecule has 24 heavy (non-hydrogen) atoms. The van der Waals surface area contributed by atoms with Gasteiger partial charge in [-0.2, -0.15) is 4.73 Å². The van der Waals surface area contributed by atoms with Crippen LogP contribution in [0.5, 0.6) is 0 Å². The minimum Gasteiger partial charge on any atom is -0.619 e. The number of hydrazine groups is 1. The maximum atomic E-state index is 12.3. The lowest BCUT2D eigenvalue weighted by molar-refractivity contribution is -0.605. The van der Waals surface area contributed by atoms with E-state index in [1.165, 1.54) is 52.9 Å². The Morgan fingerprint density at radius 2 is 1.83 bits per heavy atom. The van der Waals surface area contributed by atoms with E-state index >= 15 is 0 Å². The molecule has 2 aromatic rings. The average Bonchev–Trinajstić information content (AvgIpc) is 2.94. The predicted molar refractivity (Wildman–Crippen MR) is 90.5 cm³/mol. The summed E-state index contributed by atoms with van der Waals surface area (Å²) in [5.41, 5.74) is 6.21. The van der Waals surface area contributed by atoms with Crippen molar-refractivity contribution in [2.45, 2.75) is 38.5 Å². The molecule has 0 aromatic carbocycles. The van der Waals surface area contributed by atoms with Crippen LogP contribution in [0.4, 0.5) is 0 Å². The van der Waals surface area contributed by atoms with Gasteiger partial charge in [-0.1, -0.05) is 12.8 Å². The Balaban J connectivity index is 1.63. The molecule has 1 aliphatic carbocycles. The molecule has 0 radical (unpaired) electrons. The number of nitrogens with zero attached hydrogens (tertiary/aromatic N) is 1. The number of hydrogen-bond donors (Lipinski definition) is 2. The Kier molecular flexibility index (Phi) is 5.10. The van der Waals surface area contributed by atoms with Gasteiger partial charge in [0, 0.05) is 10.9 Å². The molecule has 2 aromatic heterocycles. The third kappa shape index (κ3) is 3.91. The second-order valence-corrected chi connectivity index (χ2v) is 6.97. The van der Waals surface area contributed by atoms with E-state index in [9.17, 15) is 14.8 Å². The number of amides is 2. The van der Waals surface area contributed by atoms with Crippen molar-refractivity contribution in [1.82, 2.24) is 10.9 Å². The van der Waals surface area contributed by atoms with Crippen molar-refractivity contribution >= 4 is 23.2 Å². The molecule has 2 heterocycles. The number of nitrogens with one attached hydrogen (secondary N) is 2. The molecule has 0 fully saturated rings. The molecule has 126 valence electrons. The van der Waals surface area contributed by atoms with E-state index in [-0.39, 0.29) is 11.5 Å². The Morgan fingerprint density at radius 3 is 2.62 bits per heavy atom. The second kappa shape index (κ2) is 7.44. The number of rotatable bonds is 2. The van der Waals surface area contributed by atoms with Gasteiger partial charge in [-0.15, -0.1) is 11.3 Å². The van der Waals surface area contributed by atoms with Crippen LogP contribution in [0.3, 0.4) is 0 Å². The number of aromatic nitrogens is 1. The summed E-state index contributed by atoms with van der Waals surface area (Å²) in [6, 6.07) is 4.91. The highest BCUT2D eigenvalue weighted by atomic mass is 32.1. The van der Waals surface area contributed by atoms with Gasteiger partial charge in [0.05, 0.1) is 4.88 Å². The third-order valence-electron chi connectivity index (χ3n) is 4.05. The van der Waals surface area contributed by atoms with Crippen LogP contribution in [-0.4, -0.2) is 11.8 Å². The zero-order valence-electron chi connectivity index (χ0n) is 13.2. The number of thiophene rings is 1. The van der Waals surface area contributed by atoms with E-state index in [0.29, 0.717) is 9.61 Å². The fourth-order valence-corrected chi connectivity index (χ4v) is 3.94. The number of carbonyl (C=O) groups excluding carboxylic acids is 2. The topological polar surface area (TPSA) is 85.1 Å². The smallest absolute Gasteiger partial charge is 0.279 e. The molecule has 0 atom stereocenters. The van der Waals surface area contributed by atoms with Crippen LogP contribution in [0.2, 0.25) is 0 Å². The van der Waals surface area contributed by atoms with Gasteiger partial charge in [0.25, 0.3) is 11.8 Å². The van der Waals surface area contributed by atoms with E-state index in [0.717, 1.165) is 31.9 Å². The van der Waals surface area contributed by atoms with Crippen LogP contribution in [0, 0.1) is 5.21 Å². The summed E-state index contributed by atoms with van der Waals surface area (Å²) in [5.74, 6) is -0.852. The molecule has 0 unspecified atom stereocenters. The molecule has 2 amide bonds. The first-order valence-corrected chi connectivity index (χ1v) is 8.86. The van der Waals surface area contributed by atoms with Crippen LogP contribution < -0.4 is 15.6 Å². The van der Waals surface area contributed by atoms with E-state index in [1.807, 2.05) is 6.07 Å². The number of pyridine rings is 1. The predicted octanol–water partition coefficient (Wildman–Crippen LogP) is 2.12. The van der Waals surface area contributed by atoms with Crippen molar-refractivity contribution in [2.75, 3.05) is 0 Å². The zero-order valence-corrected chi connectivity index (χ0v) is 14.0. The van der Waals surface area contributed by atoms with E-state index in [4.69, 9.17) is 0 Å². The van der Waals surface area contributed by atoms with Crippen LogP contribution >= 0.6 is 11.3 Å². The summed E-state index contributed by atoms with van der Waals surface area (Å²) >= 11 is 1.50. The summed E-state index contributed by atoms with van der Waals surface area (Å²) in [6.07, 6.45) is 9.27. The fraction of sp³-hybridized carbons (Fsp3) is 0.353. The van der Waals surface area contributed by atoms with Crippen molar-refractivity contribution in [3.05, 3.63) is 56.7 Å². The maximum Gasteiger partial charge on any atom is 0.279 e. The first kappa shape index (κ1) is 16.4. The zero-order chi connectivity index (χ0) is 16.9. The minimum atomic E-state index is -0.525. The maximum absolute atomic E-state index is 12.3. The highest BCUT2D eigenvalue weighted by Crippen LogP contribution is 2.28. The van der Waals surface area contributed by atoms with E-state index in [2.05, 4.69) is 10.9 Å². The summed E-state index contributed by atoms with van der Waals surface area (Å²) in [6.45, 7) is 0. The molecule has 2 N–H and O–H groups in total. The number of hydrogen-bond acceptors (Lipinski definition) is 4.